The molecule has 33 heavy (non-hydrogen) atoms. The lowest BCUT2D eigenvalue weighted by atomic mass is 9.77. The minimum atomic E-state index is 0.0365. The van der Waals surface area contributed by atoms with Crippen LogP contribution in [0, 0.1) is 13.8 Å². The van der Waals surface area contributed by atoms with Gasteiger partial charge in [-0.3, -0.25) is 0 Å². The average molecular weight is 449 g/mol. The Bertz CT molecular complexity index is 859. The van der Waals surface area contributed by atoms with Crippen molar-refractivity contribution in [3.05, 3.63) is 57.6 Å². The van der Waals surface area contributed by atoms with Crippen LogP contribution in [0.4, 0.5) is 0 Å². The Hall–Kier alpha value is -1.96. The highest BCUT2D eigenvalue weighted by Gasteiger charge is 2.28. The topological polar surface area (TPSA) is 40.5 Å². The van der Waals surface area contributed by atoms with Gasteiger partial charge in [-0.25, -0.2) is 0 Å². The van der Waals surface area contributed by atoms with E-state index in [1.54, 1.807) is 0 Å². The summed E-state index contributed by atoms with van der Waals surface area (Å²) in [5.41, 5.74) is 6.80. The Morgan fingerprint density at radius 1 is 0.697 bits per heavy atom. The van der Waals surface area contributed by atoms with Gasteiger partial charge in [0.05, 0.1) is 0 Å². The maximum atomic E-state index is 11.6. The summed E-state index contributed by atoms with van der Waals surface area (Å²) < 4.78 is 0. The fourth-order valence-corrected chi connectivity index (χ4v) is 6.54. The van der Waals surface area contributed by atoms with Crippen molar-refractivity contribution < 1.29 is 10.2 Å². The van der Waals surface area contributed by atoms with Crippen LogP contribution in [0.1, 0.15) is 142 Å². The molecule has 2 aliphatic carbocycles. The number of hydrogen-bond donors (Lipinski definition) is 2. The van der Waals surface area contributed by atoms with E-state index in [0.717, 1.165) is 41.5 Å². The molecule has 0 atom stereocenters. The molecule has 2 fully saturated rings. The van der Waals surface area contributed by atoms with Gasteiger partial charge in [0.2, 0.25) is 0 Å². The minimum Gasteiger partial charge on any atom is -0.507 e. The van der Waals surface area contributed by atoms with Gasteiger partial charge in [-0.2, -0.15) is 0 Å². The van der Waals surface area contributed by atoms with E-state index in [4.69, 9.17) is 0 Å². The van der Waals surface area contributed by atoms with Crippen LogP contribution < -0.4 is 0 Å². The Kier molecular flexibility index (Phi) is 8.04. The largest absolute Gasteiger partial charge is 0.507 e. The number of aryl methyl sites for hydroxylation is 2. The van der Waals surface area contributed by atoms with Gasteiger partial charge in [0.1, 0.15) is 11.5 Å². The van der Waals surface area contributed by atoms with E-state index in [-0.39, 0.29) is 5.92 Å². The summed E-state index contributed by atoms with van der Waals surface area (Å²) in [6.07, 6.45) is 15.5. The number of aromatic hydroxyl groups is 2. The zero-order chi connectivity index (χ0) is 23.4. The molecule has 2 saturated carbocycles. The molecule has 0 radical (unpaired) electrons. The Morgan fingerprint density at radius 3 is 1.52 bits per heavy atom. The number of unbranched alkanes of at least 4 members (excludes halogenated alkanes) is 1. The predicted octanol–water partition coefficient (Wildman–Crippen LogP) is 9.13. The number of phenolic OH excluding ortho intramolecular Hbond substituents is 2. The van der Waals surface area contributed by atoms with Crippen molar-refractivity contribution in [2.45, 2.75) is 122 Å². The van der Waals surface area contributed by atoms with Crippen LogP contribution in [0.5, 0.6) is 11.5 Å². The predicted molar refractivity (Wildman–Crippen MR) is 139 cm³/mol. The smallest absolute Gasteiger partial charge is 0.122 e. The fourth-order valence-electron chi connectivity index (χ4n) is 6.54. The summed E-state index contributed by atoms with van der Waals surface area (Å²) in [7, 11) is 0. The zero-order valence-electron chi connectivity index (χ0n) is 21.1. The van der Waals surface area contributed by atoms with Crippen LogP contribution in [0.3, 0.4) is 0 Å². The summed E-state index contributed by atoms with van der Waals surface area (Å²) in [5.74, 6) is 1.96. The van der Waals surface area contributed by atoms with Crippen LogP contribution in [-0.2, 0) is 0 Å². The van der Waals surface area contributed by atoms with E-state index in [2.05, 4.69) is 45.0 Å². The molecule has 2 aromatic rings. The van der Waals surface area contributed by atoms with Crippen molar-refractivity contribution in [2.24, 2.45) is 0 Å². The van der Waals surface area contributed by atoms with Crippen molar-refractivity contribution in [3.8, 4) is 11.5 Å². The Morgan fingerprint density at radius 2 is 1.12 bits per heavy atom. The normalized spacial score (nSPS) is 18.2. The molecule has 2 aliphatic rings. The molecular formula is C31H44O2. The number of hydrogen-bond acceptors (Lipinski definition) is 2. The van der Waals surface area contributed by atoms with Crippen LogP contribution in [0.25, 0.3) is 0 Å². The van der Waals surface area contributed by atoms with Crippen LogP contribution in [0.2, 0.25) is 0 Å². The molecule has 0 spiro atoms. The SMILES string of the molecule is CCCCC(c1cc(C)cc(C2CCCCC2)c1O)c1cc(C)cc(C2CCCCC2)c1O. The number of benzene rings is 2. The second-order valence-electron chi connectivity index (χ2n) is 10.9. The van der Waals surface area contributed by atoms with Gasteiger partial charge in [0.15, 0.2) is 0 Å². The van der Waals surface area contributed by atoms with Crippen LogP contribution in [0.15, 0.2) is 24.3 Å². The molecular weight excluding hydrogens is 404 g/mol. The van der Waals surface area contributed by atoms with Gasteiger partial charge in [-0.1, -0.05) is 93.7 Å². The van der Waals surface area contributed by atoms with E-state index in [1.807, 2.05) is 0 Å². The van der Waals surface area contributed by atoms with E-state index in [0.29, 0.717) is 23.3 Å². The van der Waals surface area contributed by atoms with Gasteiger partial charge in [-0.15, -0.1) is 0 Å². The summed E-state index contributed by atoms with van der Waals surface area (Å²) in [5, 5.41) is 23.2. The highest BCUT2D eigenvalue weighted by Crippen LogP contribution is 2.48. The molecule has 0 unspecified atom stereocenters. The second-order valence-corrected chi connectivity index (χ2v) is 10.9. The summed E-state index contributed by atoms with van der Waals surface area (Å²) in [6.45, 7) is 6.55. The zero-order valence-corrected chi connectivity index (χ0v) is 21.1. The average Bonchev–Trinajstić information content (AvgIpc) is 2.84. The van der Waals surface area contributed by atoms with E-state index in [9.17, 15) is 10.2 Å². The highest BCUT2D eigenvalue weighted by molar-refractivity contribution is 5.55. The first kappa shape index (κ1) is 24.2. The summed E-state index contributed by atoms with van der Waals surface area (Å²) in [4.78, 5) is 0. The monoisotopic (exact) mass is 448 g/mol. The Balaban J connectivity index is 1.80. The lowest BCUT2D eigenvalue weighted by molar-refractivity contribution is 0.402. The third kappa shape index (κ3) is 5.42. The highest BCUT2D eigenvalue weighted by atomic mass is 16.3. The van der Waals surface area contributed by atoms with E-state index < -0.39 is 0 Å². The lowest BCUT2D eigenvalue weighted by Crippen LogP contribution is -2.11. The fraction of sp³-hybridized carbons (Fsp3) is 0.613. The molecule has 0 heterocycles. The maximum absolute atomic E-state index is 11.6. The van der Waals surface area contributed by atoms with Gasteiger partial charge in [0.25, 0.3) is 0 Å². The molecule has 0 bridgehead atoms. The third-order valence-corrected chi connectivity index (χ3v) is 8.31. The van der Waals surface area contributed by atoms with Crippen molar-refractivity contribution >= 4 is 0 Å². The van der Waals surface area contributed by atoms with Gasteiger partial charge < -0.3 is 10.2 Å². The second kappa shape index (κ2) is 11.0. The minimum absolute atomic E-state index is 0.0365. The summed E-state index contributed by atoms with van der Waals surface area (Å²) in [6, 6.07) is 8.80. The summed E-state index contributed by atoms with van der Waals surface area (Å²) >= 11 is 0. The third-order valence-electron chi connectivity index (χ3n) is 8.31. The lowest BCUT2D eigenvalue weighted by Gasteiger charge is -2.29. The maximum Gasteiger partial charge on any atom is 0.122 e. The standard InChI is InChI=1S/C31H44O2/c1-4-5-16-25(28-19-21(2)17-26(30(28)32)23-12-8-6-9-13-23)29-20-22(3)18-27(31(29)33)24-14-10-7-11-15-24/h17-20,23-25,32-33H,4-16H2,1-3H3. The van der Waals surface area contributed by atoms with Gasteiger partial charge >= 0.3 is 0 Å². The number of rotatable bonds is 7. The first-order valence-corrected chi connectivity index (χ1v) is 13.7. The molecule has 0 aliphatic heterocycles. The Labute approximate surface area is 201 Å². The molecule has 2 heteroatoms. The van der Waals surface area contributed by atoms with Crippen molar-refractivity contribution in [1.29, 1.82) is 0 Å². The molecule has 4 rings (SSSR count). The van der Waals surface area contributed by atoms with Crippen molar-refractivity contribution in [2.75, 3.05) is 0 Å². The first-order chi connectivity index (χ1) is 16.0. The molecule has 0 amide bonds. The molecule has 2 aromatic carbocycles. The molecule has 2 nitrogen and oxygen atoms in total. The quantitative estimate of drug-likeness (QED) is 0.443. The van der Waals surface area contributed by atoms with Gasteiger partial charge in [0, 0.05) is 17.0 Å². The first-order valence-electron chi connectivity index (χ1n) is 13.7. The van der Waals surface area contributed by atoms with Gasteiger partial charge in [-0.05, 0) is 68.9 Å². The number of phenols is 2. The molecule has 0 aromatic heterocycles. The van der Waals surface area contributed by atoms with Crippen molar-refractivity contribution in [1.82, 2.24) is 0 Å². The van der Waals surface area contributed by atoms with Crippen LogP contribution >= 0.6 is 0 Å². The van der Waals surface area contributed by atoms with E-state index in [1.165, 1.54) is 75.3 Å². The van der Waals surface area contributed by atoms with Crippen LogP contribution in [-0.4, -0.2) is 10.2 Å². The molecule has 2 N–H and O–H groups in total. The van der Waals surface area contributed by atoms with E-state index >= 15 is 0 Å². The molecule has 180 valence electrons. The molecule has 0 saturated heterocycles. The van der Waals surface area contributed by atoms with Crippen molar-refractivity contribution in [3.63, 3.8) is 0 Å².